The molecule has 3 heterocycles. The van der Waals surface area contributed by atoms with Crippen molar-refractivity contribution in [3.8, 4) is 17.1 Å². The molecule has 6 rings (SSSR count). The number of carbonyl (C=O) groups is 1. The molecular weight excluding hydrogens is 450 g/mol. The number of furan rings is 1. The van der Waals surface area contributed by atoms with E-state index < -0.39 is 5.54 Å². The predicted octanol–water partition coefficient (Wildman–Crippen LogP) is 5.98. The number of nitrogens with zero attached hydrogens (tertiary/aromatic N) is 2. The van der Waals surface area contributed by atoms with E-state index in [1.54, 1.807) is 19.4 Å². The molecule has 0 atom stereocenters. The minimum Gasteiger partial charge on any atom is -0.497 e. The summed E-state index contributed by atoms with van der Waals surface area (Å²) in [4.78, 5) is 20.0. The second-order valence-electron chi connectivity index (χ2n) is 9.55. The van der Waals surface area contributed by atoms with Crippen LogP contribution in [-0.4, -0.2) is 36.5 Å². The number of fused-ring (bicyclic) bond motifs is 1. The van der Waals surface area contributed by atoms with Crippen LogP contribution in [0.5, 0.6) is 5.75 Å². The van der Waals surface area contributed by atoms with Gasteiger partial charge in [0, 0.05) is 36.3 Å². The first kappa shape index (κ1) is 23.7. The summed E-state index contributed by atoms with van der Waals surface area (Å²) in [6.07, 6.45) is 7.74. The molecule has 184 valence electrons. The molecule has 2 aromatic carbocycles. The highest BCUT2D eigenvalue weighted by atomic mass is 16.5. The number of methoxy groups -OCH3 is 1. The third-order valence-electron chi connectivity index (χ3n) is 6.81. The van der Waals surface area contributed by atoms with Gasteiger partial charge in [-0.2, -0.15) is 0 Å². The predicted molar refractivity (Wildman–Crippen MR) is 142 cm³/mol. The van der Waals surface area contributed by atoms with E-state index in [4.69, 9.17) is 9.15 Å². The maximum absolute atomic E-state index is 13.3. The molecule has 2 aliphatic rings. The summed E-state index contributed by atoms with van der Waals surface area (Å²) in [6.45, 7) is 5.01. The minimum absolute atomic E-state index is 0.0924. The van der Waals surface area contributed by atoms with Gasteiger partial charge in [-0.1, -0.05) is 12.1 Å². The van der Waals surface area contributed by atoms with Crippen molar-refractivity contribution in [3.63, 3.8) is 0 Å². The molecule has 1 fully saturated rings. The van der Waals surface area contributed by atoms with Gasteiger partial charge in [0.1, 0.15) is 17.3 Å². The lowest BCUT2D eigenvalue weighted by molar-refractivity contribution is 0.0930. The number of aromatic nitrogens is 1. The Morgan fingerprint density at radius 1 is 1.11 bits per heavy atom. The van der Waals surface area contributed by atoms with Gasteiger partial charge < -0.3 is 19.4 Å². The summed E-state index contributed by atoms with van der Waals surface area (Å²) < 4.78 is 11.2. The van der Waals surface area contributed by atoms with Crippen LogP contribution in [0.25, 0.3) is 22.2 Å². The zero-order valence-corrected chi connectivity index (χ0v) is 21.2. The molecule has 1 aliphatic heterocycles. The summed E-state index contributed by atoms with van der Waals surface area (Å²) in [5, 5.41) is 4.37. The van der Waals surface area contributed by atoms with Gasteiger partial charge in [-0.05, 0) is 92.6 Å². The van der Waals surface area contributed by atoms with Gasteiger partial charge in [0.05, 0.1) is 18.2 Å². The molecule has 0 bridgehead atoms. The minimum atomic E-state index is -0.411. The highest BCUT2D eigenvalue weighted by Crippen LogP contribution is 2.49. The number of carbonyl (C=O) groups excluding carboxylic acids is 1. The summed E-state index contributed by atoms with van der Waals surface area (Å²) in [6, 6.07) is 17.7. The van der Waals surface area contributed by atoms with Crippen LogP contribution in [0.1, 0.15) is 40.1 Å². The normalized spacial score (nSPS) is 15.1. The van der Waals surface area contributed by atoms with Crippen LogP contribution >= 0.6 is 0 Å². The van der Waals surface area contributed by atoms with Gasteiger partial charge in [-0.15, -0.1) is 0 Å². The molecule has 36 heavy (non-hydrogen) atoms. The van der Waals surface area contributed by atoms with Crippen molar-refractivity contribution in [1.82, 2.24) is 15.2 Å². The van der Waals surface area contributed by atoms with Crippen molar-refractivity contribution < 1.29 is 13.9 Å². The molecule has 6 nitrogen and oxygen atoms in total. The molecule has 1 N–H and O–H groups in total. The molecule has 4 aromatic rings. The van der Waals surface area contributed by atoms with Gasteiger partial charge in [0.25, 0.3) is 5.91 Å². The van der Waals surface area contributed by atoms with E-state index in [0.717, 1.165) is 58.5 Å². The topological polar surface area (TPSA) is 67.6 Å². The van der Waals surface area contributed by atoms with Gasteiger partial charge in [0.2, 0.25) is 0 Å². The van der Waals surface area contributed by atoms with E-state index in [1.807, 2.05) is 50.2 Å². The zero-order valence-electron chi connectivity index (χ0n) is 21.2. The number of amides is 1. The average Bonchev–Trinajstić information content (AvgIpc) is 3.52. The molecule has 1 amide bonds. The summed E-state index contributed by atoms with van der Waals surface area (Å²) in [5.74, 6) is 2.24. The van der Waals surface area contributed by atoms with Crippen molar-refractivity contribution in [2.75, 3.05) is 20.7 Å². The number of likely N-dealkylation sites (N-methyl/N-ethyl adjacent to an activating group) is 1. The second-order valence-corrected chi connectivity index (χ2v) is 9.55. The molecule has 0 unspecified atom stereocenters. The largest absolute Gasteiger partial charge is 0.497 e. The highest BCUT2D eigenvalue weighted by molar-refractivity contribution is 5.98. The van der Waals surface area contributed by atoms with Crippen molar-refractivity contribution in [3.05, 3.63) is 95.5 Å². The van der Waals surface area contributed by atoms with E-state index in [1.165, 1.54) is 0 Å². The third kappa shape index (κ3) is 4.71. The number of rotatable bonds is 5. The van der Waals surface area contributed by atoms with Crippen LogP contribution in [0, 0.1) is 13.8 Å². The molecule has 6 heteroatoms. The maximum atomic E-state index is 13.3. The number of aryl methyl sites for hydroxylation is 2. The van der Waals surface area contributed by atoms with Crippen molar-refractivity contribution in [2.45, 2.75) is 32.2 Å². The van der Waals surface area contributed by atoms with E-state index >= 15 is 0 Å². The number of benzene rings is 2. The van der Waals surface area contributed by atoms with Crippen LogP contribution < -0.4 is 10.1 Å². The fourth-order valence-corrected chi connectivity index (χ4v) is 4.47. The first-order valence-corrected chi connectivity index (χ1v) is 12.2. The molecule has 0 radical (unpaired) electrons. The van der Waals surface area contributed by atoms with E-state index in [-0.39, 0.29) is 5.91 Å². The number of ether oxygens (including phenoxy) is 1. The fraction of sp³-hybridized carbons (Fsp3) is 0.267. The van der Waals surface area contributed by atoms with Crippen LogP contribution in [0.3, 0.4) is 0 Å². The Labute approximate surface area is 211 Å². The van der Waals surface area contributed by atoms with Crippen LogP contribution in [0.15, 0.2) is 77.5 Å². The standard InChI is InChI=1S/C26H24N2O3.C4H7N/c1-16-6-8-19(30-3)15-21(16)25(29)28-26(10-11-26)22-13-18(24-9-7-17(2)31-24)14-23-20(22)5-4-12-27-23;1-5-3-2-4-5/h4-9,12-15H,10-11H2,1-3H3,(H,28,29);2-3H,4H2,1H3. The van der Waals surface area contributed by atoms with Gasteiger partial charge in [-0.3, -0.25) is 9.78 Å². The SMILES string of the molecule is CN1C=CC1.COc1ccc(C)c(C(=O)NC2(c3cc(-c4ccc(C)o4)cc4ncccc34)CC2)c1. The Hall–Kier alpha value is -4.06. The number of pyridine rings is 1. The lowest BCUT2D eigenvalue weighted by Crippen LogP contribution is -2.35. The molecular formula is C30H31N3O3. The van der Waals surface area contributed by atoms with Gasteiger partial charge >= 0.3 is 0 Å². The summed E-state index contributed by atoms with van der Waals surface area (Å²) >= 11 is 0. The third-order valence-corrected chi connectivity index (χ3v) is 6.81. The van der Waals surface area contributed by atoms with E-state index in [9.17, 15) is 4.79 Å². The smallest absolute Gasteiger partial charge is 0.252 e. The van der Waals surface area contributed by atoms with Crippen LogP contribution in [-0.2, 0) is 5.54 Å². The first-order chi connectivity index (χ1) is 17.4. The average molecular weight is 482 g/mol. The summed E-state index contributed by atoms with van der Waals surface area (Å²) in [5.41, 5.74) is 4.07. The van der Waals surface area contributed by atoms with Gasteiger partial charge in [0.15, 0.2) is 0 Å². The zero-order chi connectivity index (χ0) is 25.3. The maximum Gasteiger partial charge on any atom is 0.252 e. The van der Waals surface area contributed by atoms with E-state index in [0.29, 0.717) is 11.3 Å². The quantitative estimate of drug-likeness (QED) is 0.380. The first-order valence-electron chi connectivity index (χ1n) is 12.2. The highest BCUT2D eigenvalue weighted by Gasteiger charge is 2.47. The molecule has 0 saturated heterocycles. The Morgan fingerprint density at radius 2 is 1.89 bits per heavy atom. The Bertz CT molecular complexity index is 1450. The lowest BCUT2D eigenvalue weighted by Gasteiger charge is -2.21. The Kier molecular flexibility index (Phi) is 6.27. The fourth-order valence-electron chi connectivity index (χ4n) is 4.47. The van der Waals surface area contributed by atoms with Gasteiger partial charge in [-0.25, -0.2) is 0 Å². The lowest BCUT2D eigenvalue weighted by atomic mass is 9.95. The monoisotopic (exact) mass is 481 g/mol. The van der Waals surface area contributed by atoms with Crippen LogP contribution in [0.2, 0.25) is 0 Å². The summed E-state index contributed by atoms with van der Waals surface area (Å²) in [7, 11) is 3.66. The molecule has 1 saturated carbocycles. The van der Waals surface area contributed by atoms with Crippen LogP contribution in [0.4, 0.5) is 0 Å². The molecule has 2 aromatic heterocycles. The number of hydrogen-bond acceptors (Lipinski definition) is 5. The Balaban J connectivity index is 0.000000477. The second kappa shape index (κ2) is 9.53. The number of hydrogen-bond donors (Lipinski definition) is 1. The number of nitrogens with one attached hydrogen (secondary N) is 1. The van der Waals surface area contributed by atoms with Crippen molar-refractivity contribution in [2.24, 2.45) is 0 Å². The van der Waals surface area contributed by atoms with E-state index in [2.05, 4.69) is 46.7 Å². The Morgan fingerprint density at radius 3 is 2.50 bits per heavy atom. The molecule has 0 spiro atoms. The van der Waals surface area contributed by atoms with Crippen molar-refractivity contribution in [1.29, 1.82) is 0 Å². The molecule has 1 aliphatic carbocycles. The van der Waals surface area contributed by atoms with Crippen molar-refractivity contribution >= 4 is 16.8 Å².